The average molecular weight is 110 g/mol. The largest absolute Gasteiger partial charge is 0.299 e. The predicted molar refractivity (Wildman–Crippen MR) is 30.4 cm³/mol. The minimum absolute atomic E-state index is 0.417. The van der Waals surface area contributed by atoms with Gasteiger partial charge in [0.15, 0.2) is 0 Å². The van der Waals surface area contributed by atoms with Gasteiger partial charge in [-0.25, -0.2) is 0 Å². The van der Waals surface area contributed by atoms with Crippen LogP contribution in [0.2, 0.25) is 0 Å². The van der Waals surface area contributed by atoms with E-state index in [0.29, 0.717) is 11.7 Å². The Hall–Kier alpha value is -0.330. The predicted octanol–water partition coefficient (Wildman–Crippen LogP) is 1.23. The first-order valence-electron chi connectivity index (χ1n) is 3.32. The molecule has 0 heterocycles. The van der Waals surface area contributed by atoms with Crippen molar-refractivity contribution in [3.05, 3.63) is 0 Å². The van der Waals surface area contributed by atoms with Crippen LogP contribution in [0.25, 0.3) is 0 Å². The van der Waals surface area contributed by atoms with E-state index in [4.69, 9.17) is 0 Å². The summed E-state index contributed by atoms with van der Waals surface area (Å²) in [6.45, 7) is 2.07. The number of hydrogen-bond acceptors (Lipinski definition) is 1. The summed E-state index contributed by atoms with van der Waals surface area (Å²) in [5.41, 5.74) is 0. The maximum absolute atomic E-state index is 10.8. The van der Waals surface area contributed by atoms with E-state index < -0.39 is 0 Å². The first-order chi connectivity index (χ1) is 3.79. The SMILES string of the molecule is C[C@@H]1C(=O)C[C@@H]2C[C@@H]21. The molecule has 0 aromatic heterocycles. The van der Waals surface area contributed by atoms with Gasteiger partial charge in [0.05, 0.1) is 0 Å². The number of ketones is 1. The van der Waals surface area contributed by atoms with Crippen LogP contribution in [0.15, 0.2) is 0 Å². The Morgan fingerprint density at radius 2 is 2.38 bits per heavy atom. The maximum atomic E-state index is 10.8. The molecule has 2 aliphatic rings. The molecule has 0 radical (unpaired) electrons. The van der Waals surface area contributed by atoms with Crippen LogP contribution >= 0.6 is 0 Å². The molecule has 44 valence electrons. The third kappa shape index (κ3) is 0.396. The number of hydrogen-bond donors (Lipinski definition) is 0. The molecule has 0 saturated heterocycles. The Kier molecular flexibility index (Phi) is 0.651. The highest BCUT2D eigenvalue weighted by molar-refractivity contribution is 5.84. The number of rotatable bonds is 0. The van der Waals surface area contributed by atoms with Crippen molar-refractivity contribution in [3.8, 4) is 0 Å². The second kappa shape index (κ2) is 1.15. The normalized spacial score (nSPS) is 51.6. The molecule has 2 rings (SSSR count). The molecule has 0 unspecified atom stereocenters. The zero-order chi connectivity index (χ0) is 5.72. The van der Waals surface area contributed by atoms with Gasteiger partial charge in [-0.3, -0.25) is 4.79 Å². The highest BCUT2D eigenvalue weighted by Crippen LogP contribution is 2.53. The highest BCUT2D eigenvalue weighted by atomic mass is 16.1. The van der Waals surface area contributed by atoms with Crippen LogP contribution in [0.4, 0.5) is 0 Å². The van der Waals surface area contributed by atoms with Crippen LogP contribution in [0, 0.1) is 17.8 Å². The molecule has 2 saturated carbocycles. The summed E-state index contributed by atoms with van der Waals surface area (Å²) in [5, 5.41) is 0. The van der Waals surface area contributed by atoms with Gasteiger partial charge in [-0.15, -0.1) is 0 Å². The van der Waals surface area contributed by atoms with Gasteiger partial charge in [-0.1, -0.05) is 6.92 Å². The van der Waals surface area contributed by atoms with E-state index in [1.54, 1.807) is 0 Å². The van der Waals surface area contributed by atoms with Gasteiger partial charge < -0.3 is 0 Å². The molecule has 3 atom stereocenters. The quantitative estimate of drug-likeness (QED) is 0.458. The molecule has 0 N–H and O–H groups in total. The first-order valence-corrected chi connectivity index (χ1v) is 3.32. The number of carbonyl (C=O) groups excluding carboxylic acids is 1. The lowest BCUT2D eigenvalue weighted by molar-refractivity contribution is -0.121. The smallest absolute Gasteiger partial charge is 0.136 e. The van der Waals surface area contributed by atoms with Gasteiger partial charge in [0, 0.05) is 12.3 Å². The fourth-order valence-corrected chi connectivity index (χ4v) is 1.80. The molecule has 1 heteroatoms. The fourth-order valence-electron chi connectivity index (χ4n) is 1.80. The Balaban J connectivity index is 2.19. The molecule has 0 spiro atoms. The second-order valence-electron chi connectivity index (χ2n) is 3.12. The molecular weight excluding hydrogens is 100 g/mol. The summed E-state index contributed by atoms with van der Waals surface area (Å²) in [7, 11) is 0. The van der Waals surface area contributed by atoms with Crippen molar-refractivity contribution in [2.24, 2.45) is 17.8 Å². The fraction of sp³-hybridized carbons (Fsp3) is 0.857. The summed E-state index contributed by atoms with van der Waals surface area (Å²) in [4.78, 5) is 10.8. The summed E-state index contributed by atoms with van der Waals surface area (Å²) < 4.78 is 0. The van der Waals surface area contributed by atoms with Gasteiger partial charge in [-0.05, 0) is 18.3 Å². The molecule has 2 aliphatic carbocycles. The van der Waals surface area contributed by atoms with Crippen molar-refractivity contribution in [2.45, 2.75) is 19.8 Å². The lowest BCUT2D eigenvalue weighted by Crippen LogP contribution is -2.05. The topological polar surface area (TPSA) is 17.1 Å². The molecular formula is C7H10O. The molecule has 1 nitrogen and oxygen atoms in total. The number of Topliss-reactive ketones (excluding diaryl/α,β-unsaturated/α-hetero) is 1. The van der Waals surface area contributed by atoms with Crippen molar-refractivity contribution >= 4 is 5.78 Å². The van der Waals surface area contributed by atoms with E-state index in [-0.39, 0.29) is 0 Å². The van der Waals surface area contributed by atoms with E-state index in [1.165, 1.54) is 6.42 Å². The van der Waals surface area contributed by atoms with Crippen LogP contribution in [0.1, 0.15) is 19.8 Å². The van der Waals surface area contributed by atoms with Gasteiger partial charge in [0.25, 0.3) is 0 Å². The van der Waals surface area contributed by atoms with E-state index in [2.05, 4.69) is 6.92 Å². The minimum atomic E-state index is 0.417. The molecule has 0 amide bonds. The first kappa shape index (κ1) is 4.54. The third-order valence-electron chi connectivity index (χ3n) is 2.59. The Bertz CT molecular complexity index is 139. The van der Waals surface area contributed by atoms with Crippen molar-refractivity contribution in [1.29, 1.82) is 0 Å². The van der Waals surface area contributed by atoms with Gasteiger partial charge in [0.1, 0.15) is 5.78 Å². The average Bonchev–Trinajstić information content (AvgIpc) is 2.39. The number of fused-ring (bicyclic) bond motifs is 1. The Labute approximate surface area is 49.1 Å². The van der Waals surface area contributed by atoms with Crippen LogP contribution in [0.5, 0.6) is 0 Å². The van der Waals surface area contributed by atoms with Gasteiger partial charge >= 0.3 is 0 Å². The maximum Gasteiger partial charge on any atom is 0.136 e. The van der Waals surface area contributed by atoms with Gasteiger partial charge in [0.2, 0.25) is 0 Å². The van der Waals surface area contributed by atoms with Crippen LogP contribution < -0.4 is 0 Å². The van der Waals surface area contributed by atoms with E-state index >= 15 is 0 Å². The molecule has 0 aromatic carbocycles. The number of carbonyl (C=O) groups is 1. The monoisotopic (exact) mass is 110 g/mol. The van der Waals surface area contributed by atoms with Crippen molar-refractivity contribution in [2.75, 3.05) is 0 Å². The van der Waals surface area contributed by atoms with Crippen LogP contribution in [-0.4, -0.2) is 5.78 Å². The molecule has 2 fully saturated rings. The third-order valence-corrected chi connectivity index (χ3v) is 2.59. The lowest BCUT2D eigenvalue weighted by Gasteiger charge is -1.97. The second-order valence-corrected chi connectivity index (χ2v) is 3.12. The van der Waals surface area contributed by atoms with Crippen molar-refractivity contribution in [3.63, 3.8) is 0 Å². The Morgan fingerprint density at radius 3 is 2.62 bits per heavy atom. The molecule has 0 aromatic rings. The van der Waals surface area contributed by atoms with Crippen LogP contribution in [0.3, 0.4) is 0 Å². The standard InChI is InChI=1S/C7H10O/c1-4-6-2-5(6)3-7(4)8/h4-6H,2-3H2,1H3/t4-,5-,6+/m0/s1. The summed E-state index contributed by atoms with van der Waals surface area (Å²) in [6, 6.07) is 0. The zero-order valence-electron chi connectivity index (χ0n) is 5.05. The molecule has 0 aliphatic heterocycles. The van der Waals surface area contributed by atoms with Crippen molar-refractivity contribution in [1.82, 2.24) is 0 Å². The highest BCUT2D eigenvalue weighted by Gasteiger charge is 2.50. The Morgan fingerprint density at radius 1 is 1.62 bits per heavy atom. The minimum Gasteiger partial charge on any atom is -0.299 e. The lowest BCUT2D eigenvalue weighted by atomic mass is 10.1. The van der Waals surface area contributed by atoms with E-state index in [1.807, 2.05) is 0 Å². The van der Waals surface area contributed by atoms with Crippen LogP contribution in [-0.2, 0) is 4.79 Å². The summed E-state index contributed by atoms with van der Waals surface area (Å²) >= 11 is 0. The van der Waals surface area contributed by atoms with Crippen molar-refractivity contribution < 1.29 is 4.79 Å². The van der Waals surface area contributed by atoms with E-state index in [0.717, 1.165) is 18.3 Å². The molecule has 0 bridgehead atoms. The summed E-state index contributed by atoms with van der Waals surface area (Å²) in [5.74, 6) is 2.55. The molecule has 8 heavy (non-hydrogen) atoms. The summed E-state index contributed by atoms with van der Waals surface area (Å²) in [6.07, 6.45) is 2.23. The van der Waals surface area contributed by atoms with Gasteiger partial charge in [-0.2, -0.15) is 0 Å². The van der Waals surface area contributed by atoms with E-state index in [9.17, 15) is 4.79 Å². The zero-order valence-corrected chi connectivity index (χ0v) is 5.05.